The molecule has 0 amide bonds. The van der Waals surface area contributed by atoms with Crippen molar-refractivity contribution in [2.75, 3.05) is 6.54 Å². The molecule has 1 aliphatic rings. The van der Waals surface area contributed by atoms with E-state index in [1.54, 1.807) is 0 Å². The number of nitrogens with zero attached hydrogens (tertiary/aromatic N) is 1. The highest BCUT2D eigenvalue weighted by atomic mass is 14.9. The Labute approximate surface area is 266 Å². The van der Waals surface area contributed by atoms with Crippen LogP contribution < -0.4 is 5.32 Å². The van der Waals surface area contributed by atoms with Gasteiger partial charge in [0.1, 0.15) is 0 Å². The SMILES string of the molecule is CC.CC.CC.CC(C)(C)c1ccc2c(c1)CNCC2.CC(C)(C)c1ccccc1.CC(C)c1ccc2cnccc2c1. The summed E-state index contributed by atoms with van der Waals surface area (Å²) in [5, 5.41) is 5.91. The summed E-state index contributed by atoms with van der Waals surface area (Å²) in [6.07, 6.45) is 4.92. The standard InChI is InChI=1S/C13H19N.C12H13N.C10H14.3C2H6/c1-13(2,3)12-5-4-10-6-7-14-9-11(10)8-12;1-9(2)10-3-4-12-8-13-6-5-11(12)7-10;1-10(2,3)9-7-5-4-6-8-9;3*1-2/h4-5,8,14H,6-7,9H2,1-3H3;3-9H,1-2H3;4-8H,1-3H3;3*1-2H3. The second-order valence-corrected chi connectivity index (χ2v) is 12.4. The Morgan fingerprint density at radius 1 is 0.628 bits per heavy atom. The van der Waals surface area contributed by atoms with Gasteiger partial charge in [-0.1, -0.05) is 164 Å². The van der Waals surface area contributed by atoms with E-state index in [0.29, 0.717) is 11.3 Å². The summed E-state index contributed by atoms with van der Waals surface area (Å²) in [4.78, 5) is 4.09. The van der Waals surface area contributed by atoms with Gasteiger partial charge in [0.15, 0.2) is 0 Å². The minimum absolute atomic E-state index is 0.270. The molecule has 1 N–H and O–H groups in total. The number of aromatic nitrogens is 1. The van der Waals surface area contributed by atoms with E-state index in [2.05, 4.69) is 138 Å². The highest BCUT2D eigenvalue weighted by molar-refractivity contribution is 5.82. The van der Waals surface area contributed by atoms with Gasteiger partial charge >= 0.3 is 0 Å². The van der Waals surface area contributed by atoms with Gasteiger partial charge in [-0.3, -0.25) is 4.98 Å². The predicted octanol–water partition coefficient (Wildman–Crippen LogP) is 12.1. The van der Waals surface area contributed by atoms with E-state index in [1.165, 1.54) is 45.0 Å². The van der Waals surface area contributed by atoms with Crippen LogP contribution in [0.1, 0.15) is 131 Å². The van der Waals surface area contributed by atoms with Gasteiger partial charge in [0.25, 0.3) is 0 Å². The number of hydrogen-bond acceptors (Lipinski definition) is 2. The van der Waals surface area contributed by atoms with Gasteiger partial charge in [-0.05, 0) is 69.0 Å². The summed E-state index contributed by atoms with van der Waals surface area (Å²) in [5.74, 6) is 0.595. The fourth-order valence-electron chi connectivity index (χ4n) is 4.35. The average Bonchev–Trinajstić information content (AvgIpc) is 3.03. The van der Waals surface area contributed by atoms with Gasteiger partial charge in [-0.2, -0.15) is 0 Å². The molecule has 0 radical (unpaired) electrons. The van der Waals surface area contributed by atoms with Crippen molar-refractivity contribution in [1.29, 1.82) is 0 Å². The van der Waals surface area contributed by atoms with Crippen LogP contribution in [0.25, 0.3) is 10.8 Å². The minimum Gasteiger partial charge on any atom is -0.312 e. The van der Waals surface area contributed by atoms with Crippen molar-refractivity contribution in [3.05, 3.63) is 113 Å². The smallest absolute Gasteiger partial charge is 0.0346 e. The molecule has 1 aliphatic heterocycles. The molecule has 43 heavy (non-hydrogen) atoms. The maximum Gasteiger partial charge on any atom is 0.0346 e. The van der Waals surface area contributed by atoms with Crippen LogP contribution in [0.5, 0.6) is 0 Å². The molecule has 0 atom stereocenters. The summed E-state index contributed by atoms with van der Waals surface area (Å²) in [7, 11) is 0. The van der Waals surface area contributed by atoms with Gasteiger partial charge < -0.3 is 5.32 Å². The van der Waals surface area contributed by atoms with Crippen molar-refractivity contribution in [2.45, 2.75) is 127 Å². The zero-order chi connectivity index (χ0) is 33.1. The summed E-state index contributed by atoms with van der Waals surface area (Å²) >= 11 is 0. The molecule has 2 heteroatoms. The van der Waals surface area contributed by atoms with Crippen LogP contribution in [0.3, 0.4) is 0 Å². The number of hydrogen-bond donors (Lipinski definition) is 1. The van der Waals surface area contributed by atoms with Gasteiger partial charge in [0, 0.05) is 24.3 Å². The fraction of sp³-hybridized carbons (Fsp3) is 0.488. The summed E-state index contributed by atoms with van der Waals surface area (Å²) in [6.45, 7) is 32.1. The van der Waals surface area contributed by atoms with Crippen LogP contribution in [0.2, 0.25) is 0 Å². The van der Waals surface area contributed by atoms with Crippen LogP contribution in [-0.4, -0.2) is 11.5 Å². The fourth-order valence-corrected chi connectivity index (χ4v) is 4.35. The molecule has 0 bridgehead atoms. The van der Waals surface area contributed by atoms with Crippen LogP contribution in [0.4, 0.5) is 0 Å². The first-order valence-electron chi connectivity index (χ1n) is 16.7. The zero-order valence-corrected chi connectivity index (χ0v) is 30.2. The van der Waals surface area contributed by atoms with E-state index in [1.807, 2.05) is 53.9 Å². The Morgan fingerprint density at radius 2 is 1.23 bits per heavy atom. The van der Waals surface area contributed by atoms with Gasteiger partial charge in [0.05, 0.1) is 0 Å². The molecular weight excluding hydrogens is 520 g/mol. The molecular formula is C41H64N2. The van der Waals surface area contributed by atoms with E-state index < -0.39 is 0 Å². The van der Waals surface area contributed by atoms with Crippen molar-refractivity contribution in [3.63, 3.8) is 0 Å². The molecule has 2 nitrogen and oxygen atoms in total. The lowest BCUT2D eigenvalue weighted by atomic mass is 9.84. The Morgan fingerprint density at radius 3 is 1.77 bits per heavy atom. The van der Waals surface area contributed by atoms with Crippen LogP contribution >= 0.6 is 0 Å². The van der Waals surface area contributed by atoms with Crippen LogP contribution in [0.15, 0.2) is 85.2 Å². The molecule has 3 aromatic carbocycles. The lowest BCUT2D eigenvalue weighted by Gasteiger charge is -2.23. The highest BCUT2D eigenvalue weighted by Crippen LogP contribution is 2.26. The molecule has 0 spiro atoms. The molecule has 0 saturated heterocycles. The number of rotatable bonds is 1. The van der Waals surface area contributed by atoms with Crippen LogP contribution in [0, 0.1) is 0 Å². The normalized spacial score (nSPS) is 11.8. The first-order valence-corrected chi connectivity index (χ1v) is 16.7. The largest absolute Gasteiger partial charge is 0.312 e. The van der Waals surface area contributed by atoms with E-state index in [9.17, 15) is 0 Å². The maximum atomic E-state index is 4.09. The maximum absolute atomic E-state index is 4.09. The molecule has 238 valence electrons. The Balaban J connectivity index is 0.000000571. The van der Waals surface area contributed by atoms with Gasteiger partial charge in [0.2, 0.25) is 0 Å². The summed E-state index contributed by atoms with van der Waals surface area (Å²) in [5.41, 5.74) is 7.81. The monoisotopic (exact) mass is 585 g/mol. The topological polar surface area (TPSA) is 24.9 Å². The van der Waals surface area contributed by atoms with Crippen molar-refractivity contribution in [1.82, 2.24) is 10.3 Å². The first kappa shape index (κ1) is 40.0. The van der Waals surface area contributed by atoms with Gasteiger partial charge in [-0.25, -0.2) is 0 Å². The summed E-state index contributed by atoms with van der Waals surface area (Å²) in [6, 6.07) is 26.1. The Kier molecular flexibility index (Phi) is 19.4. The number of benzene rings is 3. The lowest BCUT2D eigenvalue weighted by molar-refractivity contribution is 0.583. The number of nitrogens with one attached hydrogen (secondary N) is 1. The predicted molar refractivity (Wildman–Crippen MR) is 196 cm³/mol. The summed E-state index contributed by atoms with van der Waals surface area (Å²) < 4.78 is 0. The van der Waals surface area contributed by atoms with Gasteiger partial charge in [-0.15, -0.1) is 0 Å². The molecule has 0 saturated carbocycles. The lowest BCUT2D eigenvalue weighted by Crippen LogP contribution is -2.24. The Bertz CT molecular complexity index is 1260. The molecule has 0 unspecified atom stereocenters. The molecule has 0 fully saturated rings. The van der Waals surface area contributed by atoms with Crippen LogP contribution in [-0.2, 0) is 23.8 Å². The number of pyridine rings is 1. The van der Waals surface area contributed by atoms with Crippen molar-refractivity contribution < 1.29 is 0 Å². The van der Waals surface area contributed by atoms with Crippen molar-refractivity contribution in [2.24, 2.45) is 0 Å². The average molecular weight is 585 g/mol. The van der Waals surface area contributed by atoms with E-state index >= 15 is 0 Å². The second-order valence-electron chi connectivity index (χ2n) is 12.4. The third kappa shape index (κ3) is 14.4. The third-order valence-corrected chi connectivity index (χ3v) is 6.93. The van der Waals surface area contributed by atoms with E-state index in [0.717, 1.165) is 13.1 Å². The zero-order valence-electron chi connectivity index (χ0n) is 30.2. The van der Waals surface area contributed by atoms with Crippen molar-refractivity contribution in [3.8, 4) is 0 Å². The minimum atomic E-state index is 0.270. The molecule has 5 rings (SSSR count). The Hall–Kier alpha value is -2.97. The quantitative estimate of drug-likeness (QED) is 0.241. The van der Waals surface area contributed by atoms with Crippen molar-refractivity contribution >= 4 is 10.8 Å². The molecule has 2 heterocycles. The molecule has 0 aliphatic carbocycles. The second kappa shape index (κ2) is 20.9. The van der Waals surface area contributed by atoms with E-state index in [-0.39, 0.29) is 5.41 Å². The number of fused-ring (bicyclic) bond motifs is 2. The molecule has 4 aromatic rings. The first-order chi connectivity index (χ1) is 20.4. The molecule has 1 aromatic heterocycles. The van der Waals surface area contributed by atoms with E-state index in [4.69, 9.17) is 0 Å². The third-order valence-electron chi connectivity index (χ3n) is 6.93. The highest BCUT2D eigenvalue weighted by Gasteiger charge is 2.16.